The molecule has 0 bridgehead atoms. The summed E-state index contributed by atoms with van der Waals surface area (Å²) in [4.78, 5) is 12.2. The summed E-state index contributed by atoms with van der Waals surface area (Å²) in [6.45, 7) is 4.44. The summed E-state index contributed by atoms with van der Waals surface area (Å²) in [6.07, 6.45) is 3.69. The van der Waals surface area contributed by atoms with Gasteiger partial charge in [-0.05, 0) is 37.6 Å². The molecule has 7 nitrogen and oxygen atoms in total. The third kappa shape index (κ3) is 4.27. The zero-order chi connectivity index (χ0) is 18.5. The molecule has 3 aromatic rings. The fraction of sp³-hybridized carbons (Fsp3) is 0.278. The van der Waals surface area contributed by atoms with Crippen molar-refractivity contribution in [2.75, 3.05) is 6.54 Å². The van der Waals surface area contributed by atoms with Gasteiger partial charge in [0.25, 0.3) is 5.91 Å². The van der Waals surface area contributed by atoms with Crippen LogP contribution in [0.1, 0.15) is 34.7 Å². The number of H-pyrrole nitrogens is 1. The van der Waals surface area contributed by atoms with Gasteiger partial charge in [-0.25, -0.2) is 4.39 Å². The number of hydrogen-bond acceptors (Lipinski definition) is 4. The van der Waals surface area contributed by atoms with Gasteiger partial charge in [-0.15, -0.1) is 0 Å². The monoisotopic (exact) mass is 357 g/mol. The lowest BCUT2D eigenvalue weighted by molar-refractivity contribution is 0.0943. The Morgan fingerprint density at radius 2 is 2.23 bits per heavy atom. The molecular weight excluding hydrogens is 337 g/mol. The van der Waals surface area contributed by atoms with E-state index < -0.39 is 5.82 Å². The Kier molecular flexibility index (Phi) is 5.31. The number of rotatable bonds is 7. The van der Waals surface area contributed by atoms with Crippen LogP contribution in [0.15, 0.2) is 42.7 Å². The second-order valence-electron chi connectivity index (χ2n) is 6.05. The van der Waals surface area contributed by atoms with Gasteiger partial charge in [0.1, 0.15) is 12.3 Å². The maximum absolute atomic E-state index is 13.5. The summed E-state index contributed by atoms with van der Waals surface area (Å²) in [7, 11) is 0. The Bertz CT molecular complexity index is 889. The van der Waals surface area contributed by atoms with E-state index in [4.69, 9.17) is 4.74 Å². The molecule has 1 aromatic carbocycles. The Hall–Kier alpha value is -3.16. The van der Waals surface area contributed by atoms with Crippen molar-refractivity contribution in [3.05, 3.63) is 65.5 Å². The molecule has 136 valence electrons. The second-order valence-corrected chi connectivity index (χ2v) is 6.05. The fourth-order valence-electron chi connectivity index (χ4n) is 2.37. The molecule has 3 rings (SSSR count). The third-order valence-electron chi connectivity index (χ3n) is 3.82. The van der Waals surface area contributed by atoms with E-state index in [1.54, 1.807) is 29.1 Å². The van der Waals surface area contributed by atoms with Crippen LogP contribution in [0.2, 0.25) is 0 Å². The molecular formula is C18H20FN5O2. The number of aryl methyl sites for hydroxylation is 1. The number of amides is 1. The highest BCUT2D eigenvalue weighted by Crippen LogP contribution is 2.16. The van der Waals surface area contributed by atoms with E-state index >= 15 is 0 Å². The van der Waals surface area contributed by atoms with Crippen molar-refractivity contribution < 1.29 is 13.9 Å². The predicted molar refractivity (Wildman–Crippen MR) is 93.3 cm³/mol. The number of aromatic amines is 1. The number of carbonyl (C=O) groups excluding carboxylic acids is 1. The van der Waals surface area contributed by atoms with Gasteiger partial charge in [0.2, 0.25) is 0 Å². The van der Waals surface area contributed by atoms with Crippen molar-refractivity contribution in [1.82, 2.24) is 25.3 Å². The van der Waals surface area contributed by atoms with Crippen LogP contribution in [0, 0.1) is 12.7 Å². The van der Waals surface area contributed by atoms with Crippen molar-refractivity contribution in [3.8, 4) is 5.75 Å². The Labute approximate surface area is 150 Å². The van der Waals surface area contributed by atoms with Gasteiger partial charge < -0.3 is 10.1 Å². The van der Waals surface area contributed by atoms with E-state index in [2.05, 4.69) is 20.6 Å². The second kappa shape index (κ2) is 7.81. The summed E-state index contributed by atoms with van der Waals surface area (Å²) < 4.78 is 20.7. The molecule has 0 radical (unpaired) electrons. The summed E-state index contributed by atoms with van der Waals surface area (Å²) in [6, 6.07) is 7.74. The van der Waals surface area contributed by atoms with E-state index in [-0.39, 0.29) is 30.0 Å². The smallest absolute Gasteiger partial charge is 0.271 e. The first-order valence-corrected chi connectivity index (χ1v) is 8.23. The summed E-state index contributed by atoms with van der Waals surface area (Å²) in [5.74, 6) is -0.585. The standard InChI is InChI=1S/C18H20FN5O2/c1-12-8-21-24(10-12)13(2)9-20-18(25)16-7-14(22-23-16)11-26-17-6-4-3-5-15(17)19/h3-8,10,13H,9,11H2,1-2H3,(H,20,25)(H,22,23)/t13-/m0/s1. The topological polar surface area (TPSA) is 84.8 Å². The van der Waals surface area contributed by atoms with Crippen LogP contribution < -0.4 is 10.1 Å². The quantitative estimate of drug-likeness (QED) is 0.681. The molecule has 2 aromatic heterocycles. The number of ether oxygens (including phenoxy) is 1. The lowest BCUT2D eigenvalue weighted by Gasteiger charge is -2.12. The molecule has 2 N–H and O–H groups in total. The van der Waals surface area contributed by atoms with E-state index in [0.717, 1.165) is 5.56 Å². The van der Waals surface area contributed by atoms with Gasteiger partial charge in [-0.3, -0.25) is 14.6 Å². The molecule has 26 heavy (non-hydrogen) atoms. The van der Waals surface area contributed by atoms with Crippen LogP contribution in [-0.2, 0) is 6.61 Å². The number of hydrogen-bond donors (Lipinski definition) is 2. The highest BCUT2D eigenvalue weighted by atomic mass is 19.1. The van der Waals surface area contributed by atoms with Crippen molar-refractivity contribution >= 4 is 5.91 Å². The van der Waals surface area contributed by atoms with Gasteiger partial charge in [-0.2, -0.15) is 10.2 Å². The normalized spacial score (nSPS) is 12.0. The minimum atomic E-state index is -0.437. The van der Waals surface area contributed by atoms with Crippen LogP contribution >= 0.6 is 0 Å². The average Bonchev–Trinajstić information content (AvgIpc) is 3.28. The largest absolute Gasteiger partial charge is 0.484 e. The number of para-hydroxylation sites is 1. The predicted octanol–water partition coefficient (Wildman–Crippen LogP) is 2.62. The van der Waals surface area contributed by atoms with Gasteiger partial charge in [-0.1, -0.05) is 12.1 Å². The van der Waals surface area contributed by atoms with Crippen LogP contribution in [0.5, 0.6) is 5.75 Å². The summed E-state index contributed by atoms with van der Waals surface area (Å²) in [5, 5.41) is 13.7. The van der Waals surface area contributed by atoms with E-state index in [9.17, 15) is 9.18 Å². The lowest BCUT2D eigenvalue weighted by Crippen LogP contribution is -2.30. The maximum Gasteiger partial charge on any atom is 0.271 e. The van der Waals surface area contributed by atoms with Crippen LogP contribution in [-0.4, -0.2) is 32.4 Å². The number of benzene rings is 1. The zero-order valence-electron chi connectivity index (χ0n) is 14.6. The van der Waals surface area contributed by atoms with Gasteiger partial charge >= 0.3 is 0 Å². The van der Waals surface area contributed by atoms with Crippen molar-refractivity contribution in [2.45, 2.75) is 26.5 Å². The Morgan fingerprint density at radius 1 is 1.42 bits per heavy atom. The molecule has 0 unspecified atom stereocenters. The van der Waals surface area contributed by atoms with Gasteiger partial charge in [0.05, 0.1) is 17.9 Å². The number of nitrogens with one attached hydrogen (secondary N) is 2. The molecule has 0 aliphatic heterocycles. The highest BCUT2D eigenvalue weighted by Gasteiger charge is 2.13. The number of halogens is 1. The minimum absolute atomic E-state index is 0.0236. The SMILES string of the molecule is Cc1cnn([C@@H](C)CNC(=O)c2cc(COc3ccccc3F)[nH]n2)c1. The van der Waals surface area contributed by atoms with Crippen molar-refractivity contribution in [1.29, 1.82) is 0 Å². The molecule has 0 aliphatic carbocycles. The first kappa shape index (κ1) is 17.7. The lowest BCUT2D eigenvalue weighted by atomic mass is 10.3. The minimum Gasteiger partial charge on any atom is -0.484 e. The van der Waals surface area contributed by atoms with Crippen LogP contribution in [0.3, 0.4) is 0 Å². The summed E-state index contributed by atoms with van der Waals surface area (Å²) in [5.41, 5.74) is 1.89. The number of nitrogens with zero attached hydrogens (tertiary/aromatic N) is 3. The van der Waals surface area contributed by atoms with E-state index in [0.29, 0.717) is 12.2 Å². The molecule has 0 saturated carbocycles. The Balaban J connectivity index is 1.52. The van der Waals surface area contributed by atoms with Crippen LogP contribution in [0.4, 0.5) is 4.39 Å². The van der Waals surface area contributed by atoms with Gasteiger partial charge in [0, 0.05) is 12.7 Å². The number of carbonyl (C=O) groups is 1. The third-order valence-corrected chi connectivity index (χ3v) is 3.82. The molecule has 1 atom stereocenters. The molecule has 0 saturated heterocycles. The van der Waals surface area contributed by atoms with E-state index in [1.807, 2.05) is 20.0 Å². The van der Waals surface area contributed by atoms with Crippen LogP contribution in [0.25, 0.3) is 0 Å². The summed E-state index contributed by atoms with van der Waals surface area (Å²) >= 11 is 0. The first-order chi connectivity index (χ1) is 12.5. The highest BCUT2D eigenvalue weighted by molar-refractivity contribution is 5.92. The molecule has 0 aliphatic rings. The molecule has 0 fully saturated rings. The molecule has 0 spiro atoms. The van der Waals surface area contributed by atoms with Crippen molar-refractivity contribution in [3.63, 3.8) is 0 Å². The first-order valence-electron chi connectivity index (χ1n) is 8.23. The molecule has 8 heteroatoms. The molecule has 1 amide bonds. The van der Waals surface area contributed by atoms with E-state index in [1.165, 1.54) is 12.1 Å². The van der Waals surface area contributed by atoms with Crippen molar-refractivity contribution in [2.24, 2.45) is 0 Å². The Morgan fingerprint density at radius 3 is 2.96 bits per heavy atom. The van der Waals surface area contributed by atoms with Gasteiger partial charge in [0.15, 0.2) is 11.6 Å². The number of aromatic nitrogens is 4. The maximum atomic E-state index is 13.5. The zero-order valence-corrected chi connectivity index (χ0v) is 14.6. The molecule has 2 heterocycles. The average molecular weight is 357 g/mol. The fourth-order valence-corrected chi connectivity index (χ4v) is 2.37.